The van der Waals surface area contributed by atoms with Crippen molar-refractivity contribution in [1.82, 2.24) is 15.5 Å². The van der Waals surface area contributed by atoms with E-state index in [2.05, 4.69) is 15.5 Å². The minimum Gasteiger partial charge on any atom is -0.477 e. The molecular weight excluding hydrogens is 206 g/mol. The van der Waals surface area contributed by atoms with E-state index in [4.69, 9.17) is 4.74 Å². The predicted molar refractivity (Wildman–Crippen MR) is 63.4 cm³/mol. The number of hydrogen-bond acceptors (Lipinski definition) is 3. The lowest BCUT2D eigenvalue weighted by atomic mass is 10.2. The van der Waals surface area contributed by atoms with Gasteiger partial charge in [0.05, 0.1) is 12.2 Å². The van der Waals surface area contributed by atoms with Crippen molar-refractivity contribution in [3.8, 4) is 5.88 Å². The standard InChI is InChI=1S/C9H15N3O2.C2H6/c1-4-14-9-8(5-10-7(3)13)6(2)11-12-9;1-2/h4-5H2,1-3H3,(H,10,13)(H,11,12);1-2H3. The first-order valence-electron chi connectivity index (χ1n) is 5.56. The van der Waals surface area contributed by atoms with Crippen molar-refractivity contribution in [3.05, 3.63) is 11.3 Å². The summed E-state index contributed by atoms with van der Waals surface area (Å²) < 4.78 is 5.30. The van der Waals surface area contributed by atoms with Crippen LogP contribution in [0, 0.1) is 6.92 Å². The van der Waals surface area contributed by atoms with Crippen LogP contribution in [0.1, 0.15) is 39.0 Å². The number of rotatable bonds is 4. The maximum atomic E-state index is 10.7. The fraction of sp³-hybridized carbons (Fsp3) is 0.636. The van der Waals surface area contributed by atoms with Gasteiger partial charge in [0.15, 0.2) is 0 Å². The number of amides is 1. The van der Waals surface area contributed by atoms with Gasteiger partial charge in [-0.1, -0.05) is 13.8 Å². The van der Waals surface area contributed by atoms with Crippen LogP contribution >= 0.6 is 0 Å². The quantitative estimate of drug-likeness (QED) is 0.824. The summed E-state index contributed by atoms with van der Waals surface area (Å²) in [5, 5.41) is 9.51. The molecule has 1 aromatic heterocycles. The Morgan fingerprint density at radius 2 is 2.12 bits per heavy atom. The Balaban J connectivity index is 0.00000106. The third kappa shape index (κ3) is 4.33. The summed E-state index contributed by atoms with van der Waals surface area (Å²) in [6.07, 6.45) is 0. The zero-order valence-corrected chi connectivity index (χ0v) is 10.7. The monoisotopic (exact) mass is 227 g/mol. The molecule has 1 amide bonds. The van der Waals surface area contributed by atoms with Gasteiger partial charge in [-0.05, 0) is 13.8 Å². The van der Waals surface area contributed by atoms with Crippen LogP contribution in [0.15, 0.2) is 0 Å². The molecule has 0 unspecified atom stereocenters. The Morgan fingerprint density at radius 3 is 2.62 bits per heavy atom. The van der Waals surface area contributed by atoms with Crippen LogP contribution in [0.25, 0.3) is 0 Å². The maximum absolute atomic E-state index is 10.7. The number of aromatic amines is 1. The molecule has 0 saturated heterocycles. The Kier molecular flexibility index (Phi) is 7.00. The predicted octanol–water partition coefficient (Wildman–Crippen LogP) is 1.78. The van der Waals surface area contributed by atoms with E-state index < -0.39 is 0 Å². The second-order valence-electron chi connectivity index (χ2n) is 2.98. The number of hydrogen-bond donors (Lipinski definition) is 2. The topological polar surface area (TPSA) is 67.0 Å². The lowest BCUT2D eigenvalue weighted by molar-refractivity contribution is -0.119. The maximum Gasteiger partial charge on any atom is 0.237 e. The highest BCUT2D eigenvalue weighted by molar-refractivity contribution is 5.72. The molecule has 16 heavy (non-hydrogen) atoms. The van der Waals surface area contributed by atoms with Gasteiger partial charge in [-0.25, -0.2) is 0 Å². The van der Waals surface area contributed by atoms with Crippen LogP contribution in [-0.2, 0) is 11.3 Å². The fourth-order valence-corrected chi connectivity index (χ4v) is 1.11. The van der Waals surface area contributed by atoms with E-state index in [0.29, 0.717) is 19.0 Å². The molecule has 0 aromatic carbocycles. The normalized spacial score (nSPS) is 9.06. The number of aryl methyl sites for hydroxylation is 1. The molecule has 5 heteroatoms. The number of ether oxygens (including phenoxy) is 1. The molecular formula is C11H21N3O2. The lowest BCUT2D eigenvalue weighted by Gasteiger charge is -2.04. The Bertz CT molecular complexity index is 321. The molecule has 92 valence electrons. The second kappa shape index (κ2) is 7.73. The van der Waals surface area contributed by atoms with Gasteiger partial charge in [0.25, 0.3) is 0 Å². The van der Waals surface area contributed by atoms with Gasteiger partial charge in [0.2, 0.25) is 11.8 Å². The number of nitrogens with one attached hydrogen (secondary N) is 2. The smallest absolute Gasteiger partial charge is 0.237 e. The van der Waals surface area contributed by atoms with Crippen LogP contribution in [0.4, 0.5) is 0 Å². The molecule has 0 aliphatic rings. The van der Waals surface area contributed by atoms with Gasteiger partial charge in [-0.3, -0.25) is 9.89 Å². The van der Waals surface area contributed by atoms with Gasteiger partial charge in [-0.2, -0.15) is 0 Å². The molecule has 5 nitrogen and oxygen atoms in total. The molecule has 0 aliphatic carbocycles. The highest BCUT2D eigenvalue weighted by Gasteiger charge is 2.10. The van der Waals surface area contributed by atoms with E-state index in [-0.39, 0.29) is 5.91 Å². The third-order valence-corrected chi connectivity index (χ3v) is 1.83. The molecule has 1 rings (SSSR count). The summed E-state index contributed by atoms with van der Waals surface area (Å²) >= 11 is 0. The minimum atomic E-state index is -0.0620. The van der Waals surface area contributed by atoms with Crippen molar-refractivity contribution in [2.75, 3.05) is 6.61 Å². The number of aromatic nitrogens is 2. The molecule has 1 heterocycles. The van der Waals surface area contributed by atoms with Gasteiger partial charge in [-0.15, -0.1) is 5.10 Å². The van der Waals surface area contributed by atoms with Crippen molar-refractivity contribution in [3.63, 3.8) is 0 Å². The first-order chi connectivity index (χ1) is 7.65. The lowest BCUT2D eigenvalue weighted by Crippen LogP contribution is -2.19. The van der Waals surface area contributed by atoms with Gasteiger partial charge in [0.1, 0.15) is 0 Å². The largest absolute Gasteiger partial charge is 0.477 e. The van der Waals surface area contributed by atoms with Gasteiger partial charge < -0.3 is 10.1 Å². The Hall–Kier alpha value is -1.52. The first-order valence-corrected chi connectivity index (χ1v) is 5.56. The summed E-state index contributed by atoms with van der Waals surface area (Å²) in [5.74, 6) is 0.506. The average molecular weight is 227 g/mol. The number of H-pyrrole nitrogens is 1. The Morgan fingerprint density at radius 1 is 1.50 bits per heavy atom. The molecule has 0 spiro atoms. The molecule has 0 saturated carbocycles. The van der Waals surface area contributed by atoms with Crippen molar-refractivity contribution >= 4 is 5.91 Å². The van der Waals surface area contributed by atoms with Crippen LogP contribution in [-0.4, -0.2) is 22.7 Å². The third-order valence-electron chi connectivity index (χ3n) is 1.83. The van der Waals surface area contributed by atoms with E-state index in [0.717, 1.165) is 11.3 Å². The van der Waals surface area contributed by atoms with E-state index in [1.54, 1.807) is 0 Å². The van der Waals surface area contributed by atoms with E-state index in [1.807, 2.05) is 27.7 Å². The van der Waals surface area contributed by atoms with Crippen molar-refractivity contribution in [2.24, 2.45) is 0 Å². The van der Waals surface area contributed by atoms with Crippen LogP contribution < -0.4 is 10.1 Å². The van der Waals surface area contributed by atoms with Crippen LogP contribution in [0.2, 0.25) is 0 Å². The van der Waals surface area contributed by atoms with Crippen LogP contribution in [0.5, 0.6) is 5.88 Å². The summed E-state index contributed by atoms with van der Waals surface area (Å²) in [6.45, 7) is 10.3. The first kappa shape index (κ1) is 14.5. The zero-order chi connectivity index (χ0) is 12.6. The second-order valence-corrected chi connectivity index (χ2v) is 2.98. The van der Waals surface area contributed by atoms with Crippen molar-refractivity contribution in [2.45, 2.75) is 41.2 Å². The molecule has 2 N–H and O–H groups in total. The molecule has 0 atom stereocenters. The summed E-state index contributed by atoms with van der Waals surface area (Å²) in [6, 6.07) is 0. The SMILES string of the molecule is CC.CCOc1n[nH]c(C)c1CNC(C)=O. The summed E-state index contributed by atoms with van der Waals surface area (Å²) in [7, 11) is 0. The van der Waals surface area contributed by atoms with Crippen molar-refractivity contribution in [1.29, 1.82) is 0 Å². The van der Waals surface area contributed by atoms with E-state index in [9.17, 15) is 4.79 Å². The van der Waals surface area contributed by atoms with E-state index in [1.165, 1.54) is 6.92 Å². The average Bonchev–Trinajstić information content (AvgIpc) is 2.60. The fourth-order valence-electron chi connectivity index (χ4n) is 1.11. The van der Waals surface area contributed by atoms with Gasteiger partial charge >= 0.3 is 0 Å². The molecule has 0 radical (unpaired) electrons. The Labute approximate surface area is 96.6 Å². The van der Waals surface area contributed by atoms with Crippen molar-refractivity contribution < 1.29 is 9.53 Å². The van der Waals surface area contributed by atoms with Gasteiger partial charge in [0, 0.05) is 19.2 Å². The molecule has 0 bridgehead atoms. The molecule has 0 fully saturated rings. The number of carbonyl (C=O) groups excluding carboxylic acids is 1. The zero-order valence-electron chi connectivity index (χ0n) is 10.7. The highest BCUT2D eigenvalue weighted by atomic mass is 16.5. The summed E-state index contributed by atoms with van der Waals surface area (Å²) in [5.41, 5.74) is 1.82. The molecule has 0 aliphatic heterocycles. The highest BCUT2D eigenvalue weighted by Crippen LogP contribution is 2.17. The van der Waals surface area contributed by atoms with E-state index >= 15 is 0 Å². The minimum absolute atomic E-state index is 0.0620. The number of carbonyl (C=O) groups is 1. The number of nitrogens with zero attached hydrogens (tertiary/aromatic N) is 1. The summed E-state index contributed by atoms with van der Waals surface area (Å²) in [4.78, 5) is 10.7. The molecule has 1 aromatic rings. The van der Waals surface area contributed by atoms with Crippen LogP contribution in [0.3, 0.4) is 0 Å².